The predicted octanol–water partition coefficient (Wildman–Crippen LogP) is 1.11. The summed E-state index contributed by atoms with van der Waals surface area (Å²) < 4.78 is 47.5. The number of primary sulfonamides is 1. The van der Waals surface area contributed by atoms with Crippen LogP contribution in [0.5, 0.6) is 0 Å². The minimum Gasteiger partial charge on any atom is -0.379 e. The van der Waals surface area contributed by atoms with Gasteiger partial charge in [-0.2, -0.15) is 0 Å². The van der Waals surface area contributed by atoms with E-state index >= 15 is 0 Å². The molecule has 0 radical (unpaired) electrons. The van der Waals surface area contributed by atoms with Gasteiger partial charge in [0.05, 0.1) is 16.1 Å². The van der Waals surface area contributed by atoms with Crippen LogP contribution in [0.2, 0.25) is 0 Å². The lowest BCUT2D eigenvalue weighted by molar-refractivity contribution is -0.384. The molecule has 0 amide bonds. The van der Waals surface area contributed by atoms with Gasteiger partial charge in [-0.1, -0.05) is 0 Å². The van der Waals surface area contributed by atoms with Crippen molar-refractivity contribution in [3.8, 4) is 0 Å². The molecule has 0 aromatic heterocycles. The van der Waals surface area contributed by atoms with Crippen LogP contribution in [0.15, 0.2) is 23.1 Å². The lowest BCUT2D eigenvalue weighted by atomic mass is 9.58. The van der Waals surface area contributed by atoms with Crippen LogP contribution < -0.4 is 10.5 Å². The molecule has 12 heteroatoms. The quantitative estimate of drug-likeness (QED) is 0.504. The number of hydrogen-bond donors (Lipinski definition) is 2. The standard InChI is InChI=1S/C16H24N4O6S2/c1-27(23,24)19-6-4-16(5-7-19)9-12(10-16)11-18-14-3-2-13(28(17,25)26)8-15(14)20(21)22/h2-3,8,12,18H,4-7,9-11H2,1H3,(H2,17,25,26). The highest BCUT2D eigenvalue weighted by Gasteiger charge is 2.46. The summed E-state index contributed by atoms with van der Waals surface area (Å²) in [6.45, 7) is 1.62. The summed E-state index contributed by atoms with van der Waals surface area (Å²) in [5, 5.41) is 19.3. The Balaban J connectivity index is 1.58. The van der Waals surface area contributed by atoms with Gasteiger partial charge in [-0.25, -0.2) is 26.3 Å². The number of benzene rings is 1. The van der Waals surface area contributed by atoms with Gasteiger partial charge in [0, 0.05) is 25.7 Å². The fraction of sp³-hybridized carbons (Fsp3) is 0.625. The van der Waals surface area contributed by atoms with Crippen LogP contribution in [-0.2, 0) is 20.0 Å². The number of hydrogen-bond acceptors (Lipinski definition) is 7. The van der Waals surface area contributed by atoms with E-state index < -0.39 is 25.0 Å². The number of nitro benzene ring substituents is 1. The van der Waals surface area contributed by atoms with E-state index in [1.54, 1.807) is 0 Å². The van der Waals surface area contributed by atoms with Crippen molar-refractivity contribution in [1.29, 1.82) is 0 Å². The monoisotopic (exact) mass is 432 g/mol. The Hall–Kier alpha value is -1.76. The summed E-state index contributed by atoms with van der Waals surface area (Å²) in [4.78, 5) is 10.3. The Morgan fingerprint density at radius 3 is 2.36 bits per heavy atom. The van der Waals surface area contributed by atoms with Crippen molar-refractivity contribution < 1.29 is 21.8 Å². The molecule has 2 fully saturated rings. The van der Waals surface area contributed by atoms with E-state index in [2.05, 4.69) is 5.32 Å². The van der Waals surface area contributed by atoms with E-state index in [0.717, 1.165) is 31.7 Å². The van der Waals surface area contributed by atoms with Gasteiger partial charge >= 0.3 is 0 Å². The van der Waals surface area contributed by atoms with Gasteiger partial charge in [0.2, 0.25) is 20.0 Å². The number of nitrogens with one attached hydrogen (secondary N) is 1. The number of nitrogens with zero attached hydrogens (tertiary/aromatic N) is 2. The second-order valence-corrected chi connectivity index (χ2v) is 11.3. The maximum Gasteiger partial charge on any atom is 0.293 e. The van der Waals surface area contributed by atoms with Crippen molar-refractivity contribution in [3.63, 3.8) is 0 Å². The van der Waals surface area contributed by atoms with Crippen molar-refractivity contribution in [2.24, 2.45) is 16.5 Å². The van der Waals surface area contributed by atoms with E-state index in [1.165, 1.54) is 22.7 Å². The molecule has 1 saturated carbocycles. The van der Waals surface area contributed by atoms with E-state index in [1.807, 2.05) is 0 Å². The molecule has 1 aromatic carbocycles. The number of nitro groups is 1. The third-order valence-corrected chi connectivity index (χ3v) is 7.99. The predicted molar refractivity (Wildman–Crippen MR) is 104 cm³/mol. The molecule has 156 valence electrons. The van der Waals surface area contributed by atoms with E-state index in [-0.39, 0.29) is 21.7 Å². The molecule has 1 aromatic rings. The van der Waals surface area contributed by atoms with Gasteiger partial charge in [-0.15, -0.1) is 0 Å². The molecular formula is C16H24N4O6S2. The first-order valence-electron chi connectivity index (χ1n) is 8.90. The second kappa shape index (κ2) is 7.25. The minimum atomic E-state index is -4.01. The molecule has 10 nitrogen and oxygen atoms in total. The van der Waals surface area contributed by atoms with Crippen LogP contribution in [0.4, 0.5) is 11.4 Å². The molecular weight excluding hydrogens is 408 g/mol. The molecule has 0 atom stereocenters. The van der Waals surface area contributed by atoms with Gasteiger partial charge in [0.25, 0.3) is 5.69 Å². The Labute approximate surface area is 164 Å². The van der Waals surface area contributed by atoms with Gasteiger partial charge < -0.3 is 5.32 Å². The van der Waals surface area contributed by atoms with Crippen LogP contribution in [0, 0.1) is 21.4 Å². The normalized spacial score (nSPS) is 20.6. The number of sulfonamides is 2. The van der Waals surface area contributed by atoms with Crippen LogP contribution >= 0.6 is 0 Å². The highest BCUT2D eigenvalue weighted by Crippen LogP contribution is 2.52. The van der Waals surface area contributed by atoms with E-state index in [0.29, 0.717) is 25.6 Å². The third-order valence-electron chi connectivity index (χ3n) is 5.77. The van der Waals surface area contributed by atoms with Gasteiger partial charge in [0.15, 0.2) is 0 Å². The molecule has 1 aliphatic carbocycles. The van der Waals surface area contributed by atoms with Crippen molar-refractivity contribution in [3.05, 3.63) is 28.3 Å². The van der Waals surface area contributed by atoms with E-state index in [4.69, 9.17) is 5.14 Å². The van der Waals surface area contributed by atoms with Crippen LogP contribution in [0.3, 0.4) is 0 Å². The molecule has 1 heterocycles. The first-order valence-corrected chi connectivity index (χ1v) is 12.3. The highest BCUT2D eigenvalue weighted by molar-refractivity contribution is 7.89. The molecule has 0 unspecified atom stereocenters. The Morgan fingerprint density at radius 1 is 1.25 bits per heavy atom. The molecule has 1 spiro atoms. The summed E-state index contributed by atoms with van der Waals surface area (Å²) in [7, 11) is -7.15. The van der Waals surface area contributed by atoms with Crippen LogP contribution in [-0.4, -0.2) is 52.0 Å². The second-order valence-electron chi connectivity index (χ2n) is 7.80. The molecule has 2 aliphatic rings. The summed E-state index contributed by atoms with van der Waals surface area (Å²) in [6.07, 6.45) is 4.79. The Kier molecular flexibility index (Phi) is 5.42. The SMILES string of the molecule is CS(=O)(=O)N1CCC2(CC1)CC(CNc1ccc(S(N)(=O)=O)cc1[N+](=O)[O-])C2. The number of piperidine rings is 1. The zero-order valence-corrected chi connectivity index (χ0v) is 17.1. The first kappa shape index (κ1) is 21.0. The fourth-order valence-corrected chi connectivity index (χ4v) is 5.63. The van der Waals surface area contributed by atoms with Crippen molar-refractivity contribution in [2.45, 2.75) is 30.6 Å². The largest absolute Gasteiger partial charge is 0.379 e. The zero-order chi connectivity index (χ0) is 20.7. The van der Waals surface area contributed by atoms with Crippen molar-refractivity contribution in [2.75, 3.05) is 31.2 Å². The van der Waals surface area contributed by atoms with E-state index in [9.17, 15) is 26.9 Å². The smallest absolute Gasteiger partial charge is 0.293 e. The van der Waals surface area contributed by atoms with Crippen LogP contribution in [0.1, 0.15) is 25.7 Å². The molecule has 1 aliphatic heterocycles. The molecule has 3 N–H and O–H groups in total. The van der Waals surface area contributed by atoms with Crippen LogP contribution in [0.25, 0.3) is 0 Å². The maximum absolute atomic E-state index is 11.6. The van der Waals surface area contributed by atoms with Crippen molar-refractivity contribution in [1.82, 2.24) is 4.31 Å². The number of anilines is 1. The van der Waals surface area contributed by atoms with Gasteiger partial charge in [0.1, 0.15) is 5.69 Å². The lowest BCUT2D eigenvalue weighted by Crippen LogP contribution is -2.49. The average Bonchev–Trinajstić information content (AvgIpc) is 2.56. The maximum atomic E-state index is 11.6. The number of rotatable bonds is 6. The minimum absolute atomic E-state index is 0.164. The lowest BCUT2D eigenvalue weighted by Gasteiger charge is -2.52. The van der Waals surface area contributed by atoms with Crippen molar-refractivity contribution >= 4 is 31.4 Å². The fourth-order valence-electron chi connectivity index (χ4n) is 4.25. The summed E-state index contributed by atoms with van der Waals surface area (Å²) in [5.41, 5.74) is 0.0870. The summed E-state index contributed by atoms with van der Waals surface area (Å²) in [5.74, 6) is 0.335. The molecule has 1 saturated heterocycles. The number of nitrogens with two attached hydrogens (primary N) is 1. The third kappa shape index (κ3) is 4.45. The topological polar surface area (TPSA) is 153 Å². The molecule has 0 bridgehead atoms. The molecule has 28 heavy (non-hydrogen) atoms. The Morgan fingerprint density at radius 2 is 1.86 bits per heavy atom. The Bertz CT molecular complexity index is 976. The average molecular weight is 433 g/mol. The summed E-state index contributed by atoms with van der Waals surface area (Å²) >= 11 is 0. The zero-order valence-electron chi connectivity index (χ0n) is 15.5. The van der Waals surface area contributed by atoms with Gasteiger partial charge in [-0.05, 0) is 49.1 Å². The molecule has 3 rings (SSSR count). The first-order chi connectivity index (χ1) is 12.9. The highest BCUT2D eigenvalue weighted by atomic mass is 32.2. The summed E-state index contributed by atoms with van der Waals surface area (Å²) in [6, 6.07) is 3.56. The van der Waals surface area contributed by atoms with Gasteiger partial charge in [-0.3, -0.25) is 10.1 Å².